The first-order chi connectivity index (χ1) is 10.7. The predicted octanol–water partition coefficient (Wildman–Crippen LogP) is 3.51. The van der Waals surface area contributed by atoms with Crippen LogP contribution in [0.3, 0.4) is 0 Å². The number of carbonyl (C=O) groups excluding carboxylic acids is 1. The lowest BCUT2D eigenvalue weighted by atomic mass is 10.1. The van der Waals surface area contributed by atoms with Crippen LogP contribution in [0.25, 0.3) is 6.08 Å². The van der Waals surface area contributed by atoms with Crippen LogP contribution in [0.1, 0.15) is 43.7 Å². The maximum Gasteiger partial charge on any atom is 0.300 e. The zero-order valence-corrected chi connectivity index (χ0v) is 13.2. The summed E-state index contributed by atoms with van der Waals surface area (Å²) in [6.45, 7) is 4.56. The molecular weight excluding hydrogens is 276 g/mol. The van der Waals surface area contributed by atoms with Crippen molar-refractivity contribution in [2.75, 3.05) is 6.54 Å². The van der Waals surface area contributed by atoms with Crippen LogP contribution in [0, 0.1) is 6.92 Å². The third-order valence-corrected chi connectivity index (χ3v) is 4.20. The first kappa shape index (κ1) is 14.8. The molecule has 22 heavy (non-hydrogen) atoms. The fourth-order valence-corrected chi connectivity index (χ4v) is 2.89. The smallest absolute Gasteiger partial charge is 0.300 e. The third kappa shape index (κ3) is 3.06. The second-order valence-corrected chi connectivity index (χ2v) is 5.92. The number of amides is 1. The van der Waals surface area contributed by atoms with Gasteiger partial charge in [-0.15, -0.1) is 0 Å². The van der Waals surface area contributed by atoms with Gasteiger partial charge < -0.3 is 4.74 Å². The van der Waals surface area contributed by atoms with Crippen molar-refractivity contribution in [1.29, 1.82) is 0 Å². The van der Waals surface area contributed by atoms with E-state index in [1.807, 2.05) is 38.1 Å². The summed E-state index contributed by atoms with van der Waals surface area (Å²) in [5.41, 5.74) is 2.16. The highest BCUT2D eigenvalue weighted by atomic mass is 16.5. The second kappa shape index (κ2) is 6.34. The zero-order valence-electron chi connectivity index (χ0n) is 13.2. The fraction of sp³-hybridized carbons (Fsp3) is 0.444. The molecule has 2 aliphatic rings. The number of hydrogen-bond acceptors (Lipinski definition) is 3. The summed E-state index contributed by atoms with van der Waals surface area (Å²) >= 11 is 0. The fourth-order valence-electron chi connectivity index (χ4n) is 2.89. The van der Waals surface area contributed by atoms with E-state index in [4.69, 9.17) is 4.74 Å². The Bertz CT molecular complexity index is 610. The average molecular weight is 298 g/mol. The molecule has 2 fully saturated rings. The van der Waals surface area contributed by atoms with Crippen molar-refractivity contribution in [3.8, 4) is 0 Å². The number of aliphatic imine (C=N–C) groups is 1. The van der Waals surface area contributed by atoms with Crippen LogP contribution >= 0.6 is 0 Å². The molecule has 1 aromatic rings. The number of rotatable bonds is 3. The van der Waals surface area contributed by atoms with Gasteiger partial charge in [-0.3, -0.25) is 9.69 Å². The van der Waals surface area contributed by atoms with Gasteiger partial charge in [0.05, 0.1) is 6.04 Å². The van der Waals surface area contributed by atoms with Crippen LogP contribution in [0.15, 0.2) is 35.0 Å². The molecule has 3 rings (SSSR count). The van der Waals surface area contributed by atoms with Crippen molar-refractivity contribution in [2.45, 2.75) is 45.6 Å². The summed E-state index contributed by atoms with van der Waals surface area (Å²) in [6.07, 6.45) is 6.41. The third-order valence-electron chi connectivity index (χ3n) is 4.20. The quantitative estimate of drug-likeness (QED) is 0.801. The number of aryl methyl sites for hydroxylation is 1. The van der Waals surface area contributed by atoms with E-state index in [1.54, 1.807) is 11.0 Å². The maximum atomic E-state index is 12.4. The van der Waals surface area contributed by atoms with Gasteiger partial charge in [-0.05, 0) is 38.3 Å². The monoisotopic (exact) mass is 298 g/mol. The lowest BCUT2D eigenvalue weighted by Gasteiger charge is -2.11. The van der Waals surface area contributed by atoms with Gasteiger partial charge in [-0.1, -0.05) is 42.7 Å². The van der Waals surface area contributed by atoms with Crippen LogP contribution < -0.4 is 0 Å². The number of benzene rings is 1. The van der Waals surface area contributed by atoms with E-state index in [0.717, 1.165) is 18.4 Å². The summed E-state index contributed by atoms with van der Waals surface area (Å²) in [4.78, 5) is 18.7. The van der Waals surface area contributed by atoms with Gasteiger partial charge in [0.25, 0.3) is 5.91 Å². The molecule has 0 unspecified atom stereocenters. The average Bonchev–Trinajstić information content (AvgIpc) is 3.11. The number of likely N-dealkylation sites (N-methyl/N-ethyl adjacent to an activating group) is 1. The Hall–Kier alpha value is -2.10. The molecule has 0 atom stereocenters. The molecule has 116 valence electrons. The first-order valence-electron chi connectivity index (χ1n) is 8.03. The van der Waals surface area contributed by atoms with Crippen LogP contribution in [0.2, 0.25) is 0 Å². The van der Waals surface area contributed by atoms with Crippen LogP contribution in [0.4, 0.5) is 0 Å². The normalized spacial score (nSPS) is 22.8. The lowest BCUT2D eigenvalue weighted by molar-refractivity contribution is -0.122. The molecule has 0 bridgehead atoms. The van der Waals surface area contributed by atoms with E-state index in [2.05, 4.69) is 4.99 Å². The Morgan fingerprint density at radius 2 is 1.95 bits per heavy atom. The van der Waals surface area contributed by atoms with Crippen LogP contribution in [0.5, 0.6) is 0 Å². The Morgan fingerprint density at radius 1 is 1.27 bits per heavy atom. The number of amidine groups is 1. The number of hydrogen-bond donors (Lipinski definition) is 0. The predicted molar refractivity (Wildman–Crippen MR) is 87.3 cm³/mol. The standard InChI is InChI=1S/C18H22N2O2/c1-3-20-17(21)16(12-14-10-8-13(2)9-11-14)22-18(20)19-15-6-4-5-7-15/h8-12,15H,3-7H2,1-2H3/b16-12+,19-18?. The Kier molecular flexibility index (Phi) is 4.27. The molecule has 0 spiro atoms. The SMILES string of the molecule is CCN1C(=O)/C(=C\c2ccc(C)cc2)OC1=NC1CCCC1. The number of carbonyl (C=O) groups is 1. The molecule has 4 nitrogen and oxygen atoms in total. The minimum Gasteiger partial charge on any atom is -0.420 e. The van der Waals surface area contributed by atoms with Gasteiger partial charge in [0.15, 0.2) is 5.76 Å². The van der Waals surface area contributed by atoms with Crippen molar-refractivity contribution in [3.63, 3.8) is 0 Å². The second-order valence-electron chi connectivity index (χ2n) is 5.92. The van der Waals surface area contributed by atoms with Gasteiger partial charge in [0, 0.05) is 6.54 Å². The first-order valence-corrected chi connectivity index (χ1v) is 8.03. The van der Waals surface area contributed by atoms with Crippen molar-refractivity contribution >= 4 is 18.0 Å². The molecule has 0 aromatic heterocycles. The highest BCUT2D eigenvalue weighted by molar-refractivity contribution is 6.11. The van der Waals surface area contributed by atoms with Gasteiger partial charge in [-0.25, -0.2) is 4.99 Å². The van der Waals surface area contributed by atoms with Gasteiger partial charge >= 0.3 is 6.02 Å². The molecule has 0 N–H and O–H groups in total. The molecule has 1 aliphatic carbocycles. The topological polar surface area (TPSA) is 41.9 Å². The maximum absolute atomic E-state index is 12.4. The van der Waals surface area contributed by atoms with E-state index in [9.17, 15) is 4.79 Å². The summed E-state index contributed by atoms with van der Waals surface area (Å²) in [5, 5.41) is 0. The molecule has 1 heterocycles. The lowest BCUT2D eigenvalue weighted by Crippen LogP contribution is -2.30. The van der Waals surface area contributed by atoms with Crippen molar-refractivity contribution in [1.82, 2.24) is 4.90 Å². The summed E-state index contributed by atoms with van der Waals surface area (Å²) in [6, 6.07) is 8.80. The highest BCUT2D eigenvalue weighted by Gasteiger charge is 2.34. The minimum absolute atomic E-state index is 0.0974. The summed E-state index contributed by atoms with van der Waals surface area (Å²) in [7, 11) is 0. The van der Waals surface area contributed by atoms with Crippen molar-refractivity contribution in [3.05, 3.63) is 41.2 Å². The molecule has 1 aromatic carbocycles. The molecule has 1 aliphatic heterocycles. The zero-order chi connectivity index (χ0) is 15.5. The van der Waals surface area contributed by atoms with E-state index >= 15 is 0 Å². The summed E-state index contributed by atoms with van der Waals surface area (Å²) in [5.74, 6) is 0.266. The molecule has 0 radical (unpaired) electrons. The van der Waals surface area contributed by atoms with Gasteiger partial charge in [0.2, 0.25) is 0 Å². The summed E-state index contributed by atoms with van der Waals surface area (Å²) < 4.78 is 5.76. The van der Waals surface area contributed by atoms with Crippen molar-refractivity contribution < 1.29 is 9.53 Å². The molecule has 4 heteroatoms. The molecule has 1 amide bonds. The Balaban J connectivity index is 1.84. The largest absolute Gasteiger partial charge is 0.420 e. The van der Waals surface area contributed by atoms with Crippen LogP contribution in [-0.2, 0) is 9.53 Å². The highest BCUT2D eigenvalue weighted by Crippen LogP contribution is 2.25. The van der Waals surface area contributed by atoms with E-state index in [-0.39, 0.29) is 5.91 Å². The van der Waals surface area contributed by atoms with Gasteiger partial charge in [-0.2, -0.15) is 0 Å². The Morgan fingerprint density at radius 3 is 2.59 bits per heavy atom. The molecular formula is C18H22N2O2. The minimum atomic E-state index is -0.0974. The Labute approximate surface area is 131 Å². The number of ether oxygens (including phenoxy) is 1. The van der Waals surface area contributed by atoms with E-state index in [1.165, 1.54) is 18.4 Å². The van der Waals surface area contributed by atoms with E-state index in [0.29, 0.717) is 24.4 Å². The van der Waals surface area contributed by atoms with E-state index < -0.39 is 0 Å². The van der Waals surface area contributed by atoms with Gasteiger partial charge in [0.1, 0.15) is 0 Å². The molecule has 1 saturated heterocycles. The van der Waals surface area contributed by atoms with Crippen LogP contribution in [-0.4, -0.2) is 29.4 Å². The van der Waals surface area contributed by atoms with Crippen molar-refractivity contribution in [2.24, 2.45) is 4.99 Å². The molecule has 1 saturated carbocycles. The number of nitrogens with zero attached hydrogens (tertiary/aromatic N) is 2.